The maximum Gasteiger partial charge on any atom is 0.325 e. The van der Waals surface area contributed by atoms with Crippen molar-refractivity contribution in [1.82, 2.24) is 5.32 Å². The van der Waals surface area contributed by atoms with Crippen LogP contribution in [0.25, 0.3) is 0 Å². The SMILES string of the molecule is Cc1cccc(N2C(=O)N[C@@H]3C[C@@]2(C)Oc2ccc(Br)cc23)c1. The van der Waals surface area contributed by atoms with Crippen molar-refractivity contribution in [1.29, 1.82) is 0 Å². The average molecular weight is 373 g/mol. The number of fused-ring (bicyclic) bond motifs is 4. The molecule has 2 aliphatic rings. The summed E-state index contributed by atoms with van der Waals surface area (Å²) in [5.41, 5.74) is 2.29. The molecule has 0 aliphatic carbocycles. The zero-order valence-corrected chi connectivity index (χ0v) is 14.6. The van der Waals surface area contributed by atoms with Gasteiger partial charge in [0, 0.05) is 22.1 Å². The molecule has 4 nitrogen and oxygen atoms in total. The topological polar surface area (TPSA) is 41.6 Å². The predicted molar refractivity (Wildman–Crippen MR) is 92.7 cm³/mol. The minimum Gasteiger partial charge on any atom is -0.467 e. The highest BCUT2D eigenvalue weighted by atomic mass is 79.9. The van der Waals surface area contributed by atoms with Gasteiger partial charge in [-0.25, -0.2) is 4.79 Å². The Morgan fingerprint density at radius 3 is 2.91 bits per heavy atom. The van der Waals surface area contributed by atoms with E-state index in [1.165, 1.54) is 0 Å². The third-order valence-electron chi connectivity index (χ3n) is 4.49. The second-order valence-electron chi connectivity index (χ2n) is 6.34. The van der Waals surface area contributed by atoms with Crippen molar-refractivity contribution in [2.24, 2.45) is 0 Å². The number of nitrogens with zero attached hydrogens (tertiary/aromatic N) is 1. The Hall–Kier alpha value is -2.01. The van der Waals surface area contributed by atoms with E-state index >= 15 is 0 Å². The van der Waals surface area contributed by atoms with Crippen LogP contribution in [0.2, 0.25) is 0 Å². The third-order valence-corrected chi connectivity index (χ3v) is 4.99. The van der Waals surface area contributed by atoms with Crippen LogP contribution in [0.5, 0.6) is 5.75 Å². The van der Waals surface area contributed by atoms with E-state index in [-0.39, 0.29) is 12.1 Å². The van der Waals surface area contributed by atoms with Gasteiger partial charge in [0.25, 0.3) is 0 Å². The summed E-state index contributed by atoms with van der Waals surface area (Å²) in [7, 11) is 0. The van der Waals surface area contributed by atoms with Gasteiger partial charge in [-0.3, -0.25) is 4.90 Å². The molecule has 2 heterocycles. The summed E-state index contributed by atoms with van der Waals surface area (Å²) in [4.78, 5) is 14.5. The van der Waals surface area contributed by atoms with Crippen molar-refractivity contribution >= 4 is 27.6 Å². The highest BCUT2D eigenvalue weighted by molar-refractivity contribution is 9.10. The Kier molecular flexibility index (Phi) is 3.17. The van der Waals surface area contributed by atoms with Gasteiger partial charge in [0.05, 0.1) is 6.04 Å². The maximum absolute atomic E-state index is 12.7. The molecule has 4 rings (SSSR count). The van der Waals surface area contributed by atoms with Crippen LogP contribution in [0.3, 0.4) is 0 Å². The number of anilines is 1. The largest absolute Gasteiger partial charge is 0.467 e. The molecule has 2 amide bonds. The average Bonchev–Trinajstić information content (AvgIpc) is 2.47. The lowest BCUT2D eigenvalue weighted by Crippen LogP contribution is -2.65. The van der Waals surface area contributed by atoms with Crippen molar-refractivity contribution in [2.45, 2.75) is 32.0 Å². The highest BCUT2D eigenvalue weighted by Crippen LogP contribution is 2.46. The summed E-state index contributed by atoms with van der Waals surface area (Å²) in [6.45, 7) is 4.00. The number of amides is 2. The highest BCUT2D eigenvalue weighted by Gasteiger charge is 2.49. The smallest absolute Gasteiger partial charge is 0.325 e. The Bertz CT molecular complexity index is 807. The van der Waals surface area contributed by atoms with Gasteiger partial charge in [0.1, 0.15) is 5.75 Å². The van der Waals surface area contributed by atoms with E-state index in [0.29, 0.717) is 6.42 Å². The fraction of sp³-hybridized carbons (Fsp3) is 0.278. The summed E-state index contributed by atoms with van der Waals surface area (Å²) in [5, 5.41) is 3.11. The first kappa shape index (κ1) is 14.6. The minimum absolute atomic E-state index is 0.0326. The van der Waals surface area contributed by atoms with Crippen LogP contribution in [0.1, 0.15) is 30.5 Å². The van der Waals surface area contributed by atoms with Gasteiger partial charge in [0.15, 0.2) is 5.72 Å². The number of urea groups is 1. The fourth-order valence-electron chi connectivity index (χ4n) is 3.50. The number of hydrogen-bond donors (Lipinski definition) is 1. The summed E-state index contributed by atoms with van der Waals surface area (Å²) < 4.78 is 7.25. The number of benzene rings is 2. The van der Waals surface area contributed by atoms with E-state index in [9.17, 15) is 4.79 Å². The molecule has 23 heavy (non-hydrogen) atoms. The number of halogens is 1. The summed E-state index contributed by atoms with van der Waals surface area (Å²) >= 11 is 3.49. The van der Waals surface area contributed by atoms with Crippen LogP contribution in [0.4, 0.5) is 10.5 Å². The lowest BCUT2D eigenvalue weighted by Gasteiger charge is -2.50. The van der Waals surface area contributed by atoms with Crippen molar-refractivity contribution < 1.29 is 9.53 Å². The van der Waals surface area contributed by atoms with E-state index in [2.05, 4.69) is 21.2 Å². The van der Waals surface area contributed by atoms with Gasteiger partial charge in [-0.05, 0) is 49.7 Å². The summed E-state index contributed by atoms with van der Waals surface area (Å²) in [5.74, 6) is 0.824. The summed E-state index contributed by atoms with van der Waals surface area (Å²) in [6.07, 6.45) is 0.704. The number of hydrogen-bond acceptors (Lipinski definition) is 2. The lowest BCUT2D eigenvalue weighted by molar-refractivity contribution is 0.0378. The molecule has 2 aromatic carbocycles. The molecule has 0 radical (unpaired) electrons. The van der Waals surface area contributed by atoms with Crippen molar-refractivity contribution in [3.8, 4) is 5.75 Å². The molecule has 1 fully saturated rings. The standard InChI is InChI=1S/C18H17BrN2O2/c1-11-4-3-5-13(8-11)21-17(22)20-15-10-18(21,2)23-16-7-6-12(19)9-14(15)16/h3-9,15H,10H2,1-2H3,(H,20,22)/t15-,18-/m1/s1. The van der Waals surface area contributed by atoms with Gasteiger partial charge < -0.3 is 10.1 Å². The molecule has 0 aromatic heterocycles. The second kappa shape index (κ2) is 4.99. The summed E-state index contributed by atoms with van der Waals surface area (Å²) in [6, 6.07) is 13.7. The molecular formula is C18H17BrN2O2. The van der Waals surface area contributed by atoms with Crippen molar-refractivity contribution in [2.75, 3.05) is 4.90 Å². The molecule has 0 spiro atoms. The molecule has 2 atom stereocenters. The van der Waals surface area contributed by atoms with E-state index in [0.717, 1.165) is 27.0 Å². The molecule has 2 aliphatic heterocycles. The number of aryl methyl sites for hydroxylation is 1. The fourth-order valence-corrected chi connectivity index (χ4v) is 3.88. The molecule has 2 bridgehead atoms. The Morgan fingerprint density at radius 1 is 1.30 bits per heavy atom. The minimum atomic E-state index is -0.693. The number of ether oxygens (including phenoxy) is 1. The quantitative estimate of drug-likeness (QED) is 0.798. The van der Waals surface area contributed by atoms with E-state index in [4.69, 9.17) is 4.74 Å². The van der Waals surface area contributed by atoms with Gasteiger partial charge in [-0.2, -0.15) is 0 Å². The molecule has 1 saturated heterocycles. The first-order chi connectivity index (χ1) is 11.0. The zero-order chi connectivity index (χ0) is 16.2. The van der Waals surface area contributed by atoms with E-state index in [1.807, 2.05) is 56.3 Å². The van der Waals surface area contributed by atoms with E-state index in [1.54, 1.807) is 4.90 Å². The van der Waals surface area contributed by atoms with Crippen LogP contribution in [0, 0.1) is 6.92 Å². The van der Waals surface area contributed by atoms with Gasteiger partial charge in [0.2, 0.25) is 0 Å². The molecule has 5 heteroatoms. The number of rotatable bonds is 1. The number of nitrogens with one attached hydrogen (secondary N) is 1. The van der Waals surface area contributed by atoms with Crippen LogP contribution in [-0.2, 0) is 0 Å². The monoisotopic (exact) mass is 372 g/mol. The van der Waals surface area contributed by atoms with Crippen LogP contribution < -0.4 is 15.0 Å². The molecule has 0 saturated carbocycles. The van der Waals surface area contributed by atoms with Crippen molar-refractivity contribution in [3.05, 3.63) is 58.1 Å². The zero-order valence-electron chi connectivity index (χ0n) is 13.0. The maximum atomic E-state index is 12.7. The van der Waals surface area contributed by atoms with Crippen LogP contribution in [0.15, 0.2) is 46.9 Å². The van der Waals surface area contributed by atoms with Gasteiger partial charge in [-0.15, -0.1) is 0 Å². The molecule has 1 N–H and O–H groups in total. The number of carbonyl (C=O) groups excluding carboxylic acids is 1. The van der Waals surface area contributed by atoms with Gasteiger partial charge >= 0.3 is 6.03 Å². The molecule has 2 aromatic rings. The first-order valence-corrected chi connectivity index (χ1v) is 8.41. The Balaban J connectivity index is 1.81. The Morgan fingerprint density at radius 2 is 2.13 bits per heavy atom. The van der Waals surface area contributed by atoms with Crippen LogP contribution >= 0.6 is 15.9 Å². The lowest BCUT2D eigenvalue weighted by atomic mass is 9.90. The number of carbonyl (C=O) groups is 1. The van der Waals surface area contributed by atoms with Gasteiger partial charge in [-0.1, -0.05) is 28.1 Å². The first-order valence-electron chi connectivity index (χ1n) is 7.62. The van der Waals surface area contributed by atoms with Crippen LogP contribution in [-0.4, -0.2) is 11.8 Å². The molecule has 0 unspecified atom stereocenters. The Labute approximate surface area is 143 Å². The molecule has 118 valence electrons. The predicted octanol–water partition coefficient (Wildman–Crippen LogP) is 4.53. The third kappa shape index (κ3) is 2.30. The van der Waals surface area contributed by atoms with Crippen molar-refractivity contribution in [3.63, 3.8) is 0 Å². The normalized spacial score (nSPS) is 25.4. The molecular weight excluding hydrogens is 356 g/mol. The van der Waals surface area contributed by atoms with E-state index < -0.39 is 5.72 Å². The second-order valence-corrected chi connectivity index (χ2v) is 7.26.